The van der Waals surface area contributed by atoms with Gasteiger partial charge in [-0.15, -0.1) is 0 Å². The Kier molecular flexibility index (Phi) is 5.29. The summed E-state index contributed by atoms with van der Waals surface area (Å²) in [5.41, 5.74) is 0.476. The number of carbonyl (C=O) groups excluding carboxylic acids is 1. The lowest BCUT2D eigenvalue weighted by Gasteiger charge is -2.26. The van der Waals surface area contributed by atoms with Crippen molar-refractivity contribution in [3.05, 3.63) is 39.9 Å². The minimum atomic E-state index is -0.526. The van der Waals surface area contributed by atoms with Crippen molar-refractivity contribution in [3.63, 3.8) is 0 Å². The molecule has 0 aliphatic carbocycles. The first-order valence-corrected chi connectivity index (χ1v) is 6.78. The number of carbonyl (C=O) groups is 1. The molecule has 21 heavy (non-hydrogen) atoms. The molecule has 0 aliphatic rings. The molecule has 1 rings (SSSR count). The normalized spacial score (nSPS) is 12.6. The highest BCUT2D eigenvalue weighted by Crippen LogP contribution is 2.20. The summed E-state index contributed by atoms with van der Waals surface area (Å²) in [4.78, 5) is 23.6. The smallest absolute Gasteiger partial charge is 0.410 e. The van der Waals surface area contributed by atoms with Crippen LogP contribution in [0.3, 0.4) is 0 Å². The summed E-state index contributed by atoms with van der Waals surface area (Å²) in [6.45, 7) is 7.89. The van der Waals surface area contributed by atoms with E-state index in [1.165, 1.54) is 17.0 Å². The molecule has 1 aromatic rings. The molecule has 0 N–H and O–H groups in total. The molecule has 1 amide bonds. The van der Waals surface area contributed by atoms with Crippen LogP contribution in [0, 0.1) is 10.1 Å². The van der Waals surface area contributed by atoms with Gasteiger partial charge in [-0.3, -0.25) is 10.1 Å². The number of ether oxygens (including phenoxy) is 1. The van der Waals surface area contributed by atoms with Gasteiger partial charge in [-0.05, 0) is 32.3 Å². The molecule has 0 saturated carbocycles. The van der Waals surface area contributed by atoms with Crippen LogP contribution in [0.4, 0.5) is 10.5 Å². The average Bonchev–Trinajstić information content (AvgIpc) is 2.36. The van der Waals surface area contributed by atoms with E-state index in [2.05, 4.69) is 0 Å². The number of hydrogen-bond acceptors (Lipinski definition) is 4. The number of benzene rings is 1. The Morgan fingerprint density at radius 1 is 1.33 bits per heavy atom. The molecule has 6 nitrogen and oxygen atoms in total. The Bertz CT molecular complexity index is 505. The summed E-state index contributed by atoms with van der Waals surface area (Å²) < 4.78 is 5.28. The predicted molar refractivity (Wildman–Crippen MR) is 80.4 cm³/mol. The highest BCUT2D eigenvalue weighted by atomic mass is 16.6. The molecule has 1 unspecified atom stereocenters. The van der Waals surface area contributed by atoms with E-state index in [0.29, 0.717) is 6.54 Å². The summed E-state index contributed by atoms with van der Waals surface area (Å²) in [5.74, 6) is 0.0586. The fourth-order valence-electron chi connectivity index (χ4n) is 1.86. The van der Waals surface area contributed by atoms with Gasteiger partial charge < -0.3 is 9.64 Å². The third-order valence-electron chi connectivity index (χ3n) is 2.93. The third kappa shape index (κ3) is 5.41. The minimum Gasteiger partial charge on any atom is -0.444 e. The van der Waals surface area contributed by atoms with Gasteiger partial charge in [-0.1, -0.05) is 19.1 Å². The van der Waals surface area contributed by atoms with Crippen LogP contribution < -0.4 is 0 Å². The quantitative estimate of drug-likeness (QED) is 0.628. The monoisotopic (exact) mass is 294 g/mol. The van der Waals surface area contributed by atoms with Gasteiger partial charge in [0.15, 0.2) is 0 Å². The lowest BCUT2D eigenvalue weighted by atomic mass is 10.0. The molecule has 0 aromatic heterocycles. The third-order valence-corrected chi connectivity index (χ3v) is 2.93. The van der Waals surface area contributed by atoms with Gasteiger partial charge >= 0.3 is 6.09 Å². The molecule has 0 bridgehead atoms. The van der Waals surface area contributed by atoms with Gasteiger partial charge in [0.2, 0.25) is 0 Å². The second kappa shape index (κ2) is 6.56. The van der Waals surface area contributed by atoms with Gasteiger partial charge in [-0.25, -0.2) is 4.79 Å². The van der Waals surface area contributed by atoms with Crippen molar-refractivity contribution in [2.75, 3.05) is 13.6 Å². The first-order chi connectivity index (χ1) is 9.60. The van der Waals surface area contributed by atoms with E-state index >= 15 is 0 Å². The zero-order chi connectivity index (χ0) is 16.2. The maximum Gasteiger partial charge on any atom is 0.410 e. The Morgan fingerprint density at radius 3 is 2.29 bits per heavy atom. The summed E-state index contributed by atoms with van der Waals surface area (Å²) in [5, 5.41) is 10.6. The second-order valence-corrected chi connectivity index (χ2v) is 6.11. The lowest BCUT2D eigenvalue weighted by Crippen LogP contribution is -2.36. The zero-order valence-electron chi connectivity index (χ0n) is 13.1. The molecule has 0 saturated heterocycles. The Labute approximate surface area is 124 Å². The Morgan fingerprint density at radius 2 is 1.86 bits per heavy atom. The van der Waals surface area contributed by atoms with Gasteiger partial charge in [0.05, 0.1) is 4.92 Å². The van der Waals surface area contributed by atoms with Crippen LogP contribution in [0.15, 0.2) is 24.3 Å². The van der Waals surface area contributed by atoms with Crippen molar-refractivity contribution in [2.24, 2.45) is 0 Å². The van der Waals surface area contributed by atoms with E-state index in [1.807, 2.05) is 27.7 Å². The number of likely N-dealkylation sites (N-methyl/N-ethyl adjacent to an activating group) is 1. The lowest BCUT2D eigenvalue weighted by molar-refractivity contribution is -0.384. The van der Waals surface area contributed by atoms with Crippen LogP contribution >= 0.6 is 0 Å². The molecule has 116 valence electrons. The molecule has 0 fully saturated rings. The highest BCUT2D eigenvalue weighted by molar-refractivity contribution is 5.67. The molecule has 0 radical (unpaired) electrons. The van der Waals surface area contributed by atoms with Gasteiger partial charge in [0, 0.05) is 25.7 Å². The Hall–Kier alpha value is -2.11. The number of nitro groups is 1. The van der Waals surface area contributed by atoms with E-state index in [1.54, 1.807) is 19.2 Å². The zero-order valence-corrected chi connectivity index (χ0v) is 13.1. The molecular formula is C15H22N2O4. The van der Waals surface area contributed by atoms with Crippen LogP contribution in [0.5, 0.6) is 0 Å². The molecule has 1 aromatic carbocycles. The van der Waals surface area contributed by atoms with Crippen LogP contribution in [0.2, 0.25) is 0 Å². The van der Waals surface area contributed by atoms with Crippen LogP contribution in [0.25, 0.3) is 0 Å². The molecular weight excluding hydrogens is 272 g/mol. The second-order valence-electron chi connectivity index (χ2n) is 6.11. The highest BCUT2D eigenvalue weighted by Gasteiger charge is 2.21. The minimum absolute atomic E-state index is 0.0586. The number of nitrogens with zero attached hydrogens (tertiary/aromatic N) is 2. The van der Waals surface area contributed by atoms with Crippen LogP contribution in [-0.4, -0.2) is 35.1 Å². The van der Waals surface area contributed by atoms with Crippen molar-refractivity contribution in [2.45, 2.75) is 39.2 Å². The number of hydrogen-bond donors (Lipinski definition) is 0. The predicted octanol–water partition coefficient (Wildman–Crippen LogP) is 3.57. The van der Waals surface area contributed by atoms with E-state index in [4.69, 9.17) is 4.74 Å². The number of nitro benzene ring substituents is 1. The van der Waals surface area contributed by atoms with Gasteiger partial charge in [0.25, 0.3) is 5.69 Å². The maximum atomic E-state index is 11.9. The van der Waals surface area contributed by atoms with Crippen molar-refractivity contribution in [1.82, 2.24) is 4.90 Å². The molecule has 6 heteroatoms. The summed E-state index contributed by atoms with van der Waals surface area (Å²) in [6.07, 6.45) is -0.378. The fourth-order valence-corrected chi connectivity index (χ4v) is 1.86. The number of amides is 1. The van der Waals surface area contributed by atoms with Crippen molar-refractivity contribution < 1.29 is 14.5 Å². The van der Waals surface area contributed by atoms with Crippen LogP contribution in [-0.2, 0) is 4.74 Å². The molecule has 0 spiro atoms. The molecule has 1 atom stereocenters. The number of non-ortho nitro benzene ring substituents is 1. The van der Waals surface area contributed by atoms with Crippen molar-refractivity contribution >= 4 is 11.8 Å². The van der Waals surface area contributed by atoms with E-state index in [-0.39, 0.29) is 17.7 Å². The van der Waals surface area contributed by atoms with Gasteiger partial charge in [-0.2, -0.15) is 0 Å². The van der Waals surface area contributed by atoms with Crippen molar-refractivity contribution in [1.29, 1.82) is 0 Å². The van der Waals surface area contributed by atoms with E-state index in [0.717, 1.165) is 5.56 Å². The van der Waals surface area contributed by atoms with Crippen molar-refractivity contribution in [3.8, 4) is 0 Å². The first-order valence-electron chi connectivity index (χ1n) is 6.78. The van der Waals surface area contributed by atoms with Gasteiger partial charge in [0.1, 0.15) is 5.60 Å². The molecule has 0 heterocycles. The average molecular weight is 294 g/mol. The van der Waals surface area contributed by atoms with Crippen LogP contribution in [0.1, 0.15) is 39.2 Å². The summed E-state index contributed by atoms with van der Waals surface area (Å²) in [6, 6.07) is 6.37. The SMILES string of the molecule is CC(CN(C)C(=O)OC(C)(C)C)c1ccc([N+](=O)[O-])cc1. The topological polar surface area (TPSA) is 72.7 Å². The standard InChI is InChI=1S/C15H22N2O4/c1-11(10-16(5)14(18)21-15(2,3)4)12-6-8-13(9-7-12)17(19)20/h6-9,11H,10H2,1-5H3. The number of rotatable bonds is 4. The maximum absolute atomic E-state index is 11.9. The van der Waals surface area contributed by atoms with E-state index in [9.17, 15) is 14.9 Å². The molecule has 0 aliphatic heterocycles. The summed E-state index contributed by atoms with van der Waals surface area (Å²) >= 11 is 0. The summed E-state index contributed by atoms with van der Waals surface area (Å²) in [7, 11) is 1.68. The largest absolute Gasteiger partial charge is 0.444 e. The first kappa shape index (κ1) is 16.9. The Balaban J connectivity index is 2.65. The fraction of sp³-hybridized carbons (Fsp3) is 0.533. The van der Waals surface area contributed by atoms with E-state index < -0.39 is 10.5 Å².